The predicted molar refractivity (Wildman–Crippen MR) is 77.2 cm³/mol. The molecule has 1 aromatic carbocycles. The summed E-state index contributed by atoms with van der Waals surface area (Å²) in [5.74, 6) is 0. The van der Waals surface area contributed by atoms with Gasteiger partial charge in [0.05, 0.1) is 5.54 Å². The van der Waals surface area contributed by atoms with Gasteiger partial charge in [-0.15, -0.1) is 0 Å². The Kier molecular flexibility index (Phi) is 4.82. The molecule has 0 aliphatic heterocycles. The summed E-state index contributed by atoms with van der Waals surface area (Å²) in [6, 6.07) is 7.28. The zero-order valence-corrected chi connectivity index (χ0v) is 12.5. The fraction of sp³-hybridized carbons (Fsp3) is 0.500. The van der Waals surface area contributed by atoms with Gasteiger partial charge in [-0.3, -0.25) is 0 Å². The lowest BCUT2D eigenvalue weighted by atomic mass is 9.93. The fourth-order valence-corrected chi connectivity index (χ4v) is 1.71. The standard InChI is InChI=1S/C14H21ClN2O2/c1-13(2,3)19-12(18)17-9-14(4,16)10-6-5-7-11(15)8-10/h5-8H,9,16H2,1-4H3,(H,17,18). The average Bonchev–Trinajstić information content (AvgIpc) is 2.24. The van der Waals surface area contributed by atoms with E-state index in [1.54, 1.807) is 12.1 Å². The molecule has 1 amide bonds. The Morgan fingerprint density at radius 2 is 2.00 bits per heavy atom. The van der Waals surface area contributed by atoms with Gasteiger partial charge in [-0.2, -0.15) is 0 Å². The van der Waals surface area contributed by atoms with E-state index in [0.717, 1.165) is 5.56 Å². The summed E-state index contributed by atoms with van der Waals surface area (Å²) in [5.41, 5.74) is 5.82. The highest BCUT2D eigenvalue weighted by atomic mass is 35.5. The topological polar surface area (TPSA) is 64.3 Å². The first-order valence-electron chi connectivity index (χ1n) is 6.12. The van der Waals surface area contributed by atoms with Gasteiger partial charge < -0.3 is 15.8 Å². The maximum Gasteiger partial charge on any atom is 0.407 e. The van der Waals surface area contributed by atoms with Crippen molar-refractivity contribution in [1.29, 1.82) is 0 Å². The van der Waals surface area contributed by atoms with Crippen molar-refractivity contribution in [2.75, 3.05) is 6.54 Å². The van der Waals surface area contributed by atoms with Crippen LogP contribution >= 0.6 is 11.6 Å². The highest BCUT2D eigenvalue weighted by Crippen LogP contribution is 2.20. The van der Waals surface area contributed by atoms with Gasteiger partial charge in [0.1, 0.15) is 5.60 Å². The van der Waals surface area contributed by atoms with Crippen molar-refractivity contribution in [1.82, 2.24) is 5.32 Å². The lowest BCUT2D eigenvalue weighted by Crippen LogP contribution is -2.46. The molecular weight excluding hydrogens is 264 g/mol. The van der Waals surface area contributed by atoms with Gasteiger partial charge in [-0.05, 0) is 45.4 Å². The monoisotopic (exact) mass is 284 g/mol. The number of amides is 1. The number of halogens is 1. The number of hydrogen-bond donors (Lipinski definition) is 2. The lowest BCUT2D eigenvalue weighted by molar-refractivity contribution is 0.0516. The third kappa shape index (κ3) is 5.49. The number of nitrogens with one attached hydrogen (secondary N) is 1. The molecule has 0 aliphatic rings. The Morgan fingerprint density at radius 1 is 1.37 bits per heavy atom. The van der Waals surface area contributed by atoms with E-state index in [9.17, 15) is 4.79 Å². The molecule has 5 heteroatoms. The third-order valence-electron chi connectivity index (χ3n) is 2.48. The van der Waals surface area contributed by atoms with Crippen LogP contribution in [-0.4, -0.2) is 18.2 Å². The SMILES string of the molecule is CC(C)(C)OC(=O)NCC(C)(N)c1cccc(Cl)c1. The van der Waals surface area contributed by atoms with Crippen LogP contribution in [0.5, 0.6) is 0 Å². The molecule has 4 nitrogen and oxygen atoms in total. The Labute approximate surface area is 119 Å². The van der Waals surface area contributed by atoms with E-state index < -0.39 is 17.2 Å². The maximum atomic E-state index is 11.6. The van der Waals surface area contributed by atoms with Crippen LogP contribution in [0, 0.1) is 0 Å². The van der Waals surface area contributed by atoms with Crippen LogP contribution in [0.3, 0.4) is 0 Å². The molecule has 0 aliphatic carbocycles. The highest BCUT2D eigenvalue weighted by Gasteiger charge is 2.24. The van der Waals surface area contributed by atoms with Gasteiger partial charge in [-0.25, -0.2) is 4.79 Å². The van der Waals surface area contributed by atoms with E-state index >= 15 is 0 Å². The number of hydrogen-bond acceptors (Lipinski definition) is 3. The minimum atomic E-state index is -0.707. The molecule has 0 saturated heterocycles. The van der Waals surface area contributed by atoms with Crippen LogP contribution in [-0.2, 0) is 10.3 Å². The molecular formula is C14H21ClN2O2. The van der Waals surface area contributed by atoms with Crippen LogP contribution in [0.15, 0.2) is 24.3 Å². The second-order valence-corrected chi connectivity index (χ2v) is 6.22. The van der Waals surface area contributed by atoms with E-state index in [4.69, 9.17) is 22.1 Å². The van der Waals surface area contributed by atoms with E-state index in [1.807, 2.05) is 39.8 Å². The molecule has 0 radical (unpaired) electrons. The Morgan fingerprint density at radius 3 is 2.53 bits per heavy atom. The molecule has 1 unspecified atom stereocenters. The summed E-state index contributed by atoms with van der Waals surface area (Å²) in [4.78, 5) is 11.6. The molecule has 0 aromatic heterocycles. The van der Waals surface area contributed by atoms with Crippen LogP contribution in [0.1, 0.15) is 33.3 Å². The summed E-state index contributed by atoms with van der Waals surface area (Å²) in [5, 5.41) is 3.29. The first-order chi connectivity index (χ1) is 8.60. The van der Waals surface area contributed by atoms with Crippen LogP contribution < -0.4 is 11.1 Å². The van der Waals surface area contributed by atoms with E-state index in [2.05, 4.69) is 5.32 Å². The minimum Gasteiger partial charge on any atom is -0.444 e. The van der Waals surface area contributed by atoms with Crippen LogP contribution in [0.25, 0.3) is 0 Å². The molecule has 0 fully saturated rings. The normalized spacial score (nSPS) is 14.6. The maximum absolute atomic E-state index is 11.6. The fourth-order valence-electron chi connectivity index (χ4n) is 1.52. The second kappa shape index (κ2) is 5.80. The first kappa shape index (κ1) is 15.8. The van der Waals surface area contributed by atoms with Gasteiger partial charge in [0, 0.05) is 11.6 Å². The molecule has 3 N–H and O–H groups in total. The molecule has 19 heavy (non-hydrogen) atoms. The number of benzene rings is 1. The van der Waals surface area contributed by atoms with Crippen molar-refractivity contribution < 1.29 is 9.53 Å². The zero-order valence-electron chi connectivity index (χ0n) is 11.8. The first-order valence-corrected chi connectivity index (χ1v) is 6.50. The molecule has 0 heterocycles. The van der Waals surface area contributed by atoms with Gasteiger partial charge in [0.2, 0.25) is 0 Å². The minimum absolute atomic E-state index is 0.266. The van der Waals surface area contributed by atoms with Gasteiger partial charge in [0.25, 0.3) is 0 Å². The van der Waals surface area contributed by atoms with E-state index in [1.165, 1.54) is 0 Å². The summed E-state index contributed by atoms with van der Waals surface area (Å²) in [7, 11) is 0. The summed E-state index contributed by atoms with van der Waals surface area (Å²) in [6.07, 6.45) is -0.480. The Balaban J connectivity index is 2.63. The van der Waals surface area contributed by atoms with Crippen LogP contribution in [0.2, 0.25) is 5.02 Å². The van der Waals surface area contributed by atoms with Gasteiger partial charge in [-0.1, -0.05) is 23.7 Å². The number of ether oxygens (including phenoxy) is 1. The number of carbonyl (C=O) groups excluding carboxylic acids is 1. The largest absolute Gasteiger partial charge is 0.444 e. The summed E-state index contributed by atoms with van der Waals surface area (Å²) >= 11 is 5.93. The number of carbonyl (C=O) groups is 1. The Hall–Kier alpha value is -1.26. The molecule has 106 valence electrons. The lowest BCUT2D eigenvalue weighted by Gasteiger charge is -2.27. The Bertz CT molecular complexity index is 453. The number of alkyl carbamates (subject to hydrolysis) is 1. The average molecular weight is 285 g/mol. The molecule has 0 spiro atoms. The third-order valence-corrected chi connectivity index (χ3v) is 2.72. The van der Waals surface area contributed by atoms with Crippen molar-refractivity contribution in [3.63, 3.8) is 0 Å². The summed E-state index contributed by atoms with van der Waals surface area (Å²) in [6.45, 7) is 7.53. The van der Waals surface area contributed by atoms with Crippen molar-refractivity contribution >= 4 is 17.7 Å². The van der Waals surface area contributed by atoms with Crippen molar-refractivity contribution in [3.8, 4) is 0 Å². The van der Waals surface area contributed by atoms with Crippen LogP contribution in [0.4, 0.5) is 4.79 Å². The van der Waals surface area contributed by atoms with Crippen molar-refractivity contribution in [3.05, 3.63) is 34.9 Å². The highest BCUT2D eigenvalue weighted by molar-refractivity contribution is 6.30. The molecule has 1 atom stereocenters. The van der Waals surface area contributed by atoms with Gasteiger partial charge in [0.15, 0.2) is 0 Å². The van der Waals surface area contributed by atoms with Gasteiger partial charge >= 0.3 is 6.09 Å². The van der Waals surface area contributed by atoms with Crippen molar-refractivity contribution in [2.45, 2.75) is 38.8 Å². The van der Waals surface area contributed by atoms with E-state index in [0.29, 0.717) is 5.02 Å². The number of nitrogens with two attached hydrogens (primary N) is 1. The smallest absolute Gasteiger partial charge is 0.407 e. The number of rotatable bonds is 3. The van der Waals surface area contributed by atoms with E-state index in [-0.39, 0.29) is 6.54 Å². The second-order valence-electron chi connectivity index (χ2n) is 5.78. The molecule has 1 aromatic rings. The predicted octanol–water partition coefficient (Wildman–Crippen LogP) is 3.04. The van der Waals surface area contributed by atoms with Crippen molar-refractivity contribution in [2.24, 2.45) is 5.73 Å². The quantitative estimate of drug-likeness (QED) is 0.897. The molecule has 0 saturated carbocycles. The molecule has 0 bridgehead atoms. The molecule has 1 rings (SSSR count). The summed E-state index contributed by atoms with van der Waals surface area (Å²) < 4.78 is 5.16. The zero-order chi connectivity index (χ0) is 14.7.